The van der Waals surface area contributed by atoms with Crippen LogP contribution in [0.2, 0.25) is 0 Å². The van der Waals surface area contributed by atoms with Crippen LogP contribution in [0.15, 0.2) is 30.3 Å². The Morgan fingerprint density at radius 2 is 1.84 bits per heavy atom. The molecule has 1 aliphatic carbocycles. The smallest absolute Gasteiger partial charge is 0.310 e. The van der Waals surface area contributed by atoms with Crippen LogP contribution < -0.4 is 0 Å². The van der Waals surface area contributed by atoms with Gasteiger partial charge in [0.2, 0.25) is 0 Å². The van der Waals surface area contributed by atoms with Crippen LogP contribution in [0.4, 0.5) is 0 Å². The first-order valence-corrected chi connectivity index (χ1v) is 8.44. The Labute approximate surface area is 146 Å². The van der Waals surface area contributed by atoms with E-state index in [-0.39, 0.29) is 6.42 Å². The number of benzene rings is 1. The average molecular weight is 346 g/mol. The Morgan fingerprint density at radius 1 is 1.16 bits per heavy atom. The Kier molecular flexibility index (Phi) is 4.54. The molecule has 0 spiro atoms. The monoisotopic (exact) mass is 346 g/mol. The first-order valence-electron chi connectivity index (χ1n) is 8.44. The second-order valence-corrected chi connectivity index (χ2v) is 7.11. The molecule has 2 aliphatic rings. The zero-order chi connectivity index (χ0) is 18.2. The summed E-state index contributed by atoms with van der Waals surface area (Å²) < 4.78 is 16.2. The van der Waals surface area contributed by atoms with Crippen LogP contribution in [-0.2, 0) is 34.2 Å². The van der Waals surface area contributed by atoms with Crippen molar-refractivity contribution in [2.45, 2.75) is 51.4 Å². The molecule has 2 bridgehead atoms. The summed E-state index contributed by atoms with van der Waals surface area (Å²) in [5.74, 6) is -2.54. The van der Waals surface area contributed by atoms with Gasteiger partial charge in [-0.3, -0.25) is 14.4 Å². The van der Waals surface area contributed by atoms with E-state index in [2.05, 4.69) is 0 Å². The molecule has 6 nitrogen and oxygen atoms in total. The van der Waals surface area contributed by atoms with E-state index in [4.69, 9.17) is 14.2 Å². The minimum Gasteiger partial charge on any atom is -0.459 e. The van der Waals surface area contributed by atoms with Gasteiger partial charge in [0.1, 0.15) is 17.8 Å². The van der Waals surface area contributed by atoms with Crippen LogP contribution in [0.25, 0.3) is 0 Å². The highest BCUT2D eigenvalue weighted by atomic mass is 16.6. The summed E-state index contributed by atoms with van der Waals surface area (Å²) in [4.78, 5) is 36.1. The molecule has 4 unspecified atom stereocenters. The minimum atomic E-state index is -0.825. The van der Waals surface area contributed by atoms with Crippen molar-refractivity contribution in [3.8, 4) is 0 Å². The highest BCUT2D eigenvalue weighted by Gasteiger charge is 2.53. The van der Waals surface area contributed by atoms with Gasteiger partial charge in [0.25, 0.3) is 0 Å². The number of esters is 3. The molecule has 1 aromatic carbocycles. The lowest BCUT2D eigenvalue weighted by molar-refractivity contribution is -0.171. The summed E-state index contributed by atoms with van der Waals surface area (Å²) in [6, 6.07) is 9.41. The van der Waals surface area contributed by atoms with E-state index >= 15 is 0 Å². The number of hydrogen-bond donors (Lipinski definition) is 0. The third kappa shape index (κ3) is 3.52. The second-order valence-electron chi connectivity index (χ2n) is 7.11. The van der Waals surface area contributed by atoms with Crippen LogP contribution in [0, 0.1) is 11.8 Å². The fourth-order valence-corrected chi connectivity index (χ4v) is 3.58. The van der Waals surface area contributed by atoms with Gasteiger partial charge < -0.3 is 14.2 Å². The lowest BCUT2D eigenvalue weighted by Gasteiger charge is -2.33. The van der Waals surface area contributed by atoms with E-state index < -0.39 is 47.6 Å². The quantitative estimate of drug-likeness (QED) is 0.615. The molecule has 3 rings (SSSR count). The standard InChI is InChI=1S/C19H22O6/c1-11(20)23-15-10-14(13-9-16(15)24-17(13)21)18(22)25-19(2,3)12-7-5-4-6-8-12/h4-8,13-16H,9-10H2,1-3H3. The first-order chi connectivity index (χ1) is 11.8. The molecule has 134 valence electrons. The molecule has 0 N–H and O–H groups in total. The number of fused-ring (bicyclic) bond motifs is 2. The van der Waals surface area contributed by atoms with Crippen molar-refractivity contribution in [1.29, 1.82) is 0 Å². The van der Waals surface area contributed by atoms with E-state index in [1.807, 2.05) is 44.2 Å². The van der Waals surface area contributed by atoms with Crippen molar-refractivity contribution in [3.05, 3.63) is 35.9 Å². The van der Waals surface area contributed by atoms with Crippen molar-refractivity contribution in [2.24, 2.45) is 11.8 Å². The number of carbonyl (C=O) groups excluding carboxylic acids is 3. The highest BCUT2D eigenvalue weighted by molar-refractivity contribution is 5.84. The average Bonchev–Trinajstić information content (AvgIpc) is 2.87. The van der Waals surface area contributed by atoms with E-state index in [0.717, 1.165) is 5.56 Å². The molecule has 1 aromatic rings. The molecule has 1 heterocycles. The van der Waals surface area contributed by atoms with Gasteiger partial charge in [-0.05, 0) is 19.4 Å². The Hall–Kier alpha value is -2.37. The van der Waals surface area contributed by atoms with E-state index in [1.165, 1.54) is 6.92 Å². The van der Waals surface area contributed by atoms with Gasteiger partial charge in [-0.1, -0.05) is 30.3 Å². The molecule has 1 aliphatic heterocycles. The van der Waals surface area contributed by atoms with Crippen LogP contribution in [0.1, 0.15) is 39.2 Å². The molecule has 6 heteroatoms. The van der Waals surface area contributed by atoms with Gasteiger partial charge in [-0.25, -0.2) is 0 Å². The third-order valence-electron chi connectivity index (χ3n) is 4.89. The molecule has 4 atom stereocenters. The van der Waals surface area contributed by atoms with Crippen LogP contribution >= 0.6 is 0 Å². The summed E-state index contributed by atoms with van der Waals surface area (Å²) in [6.45, 7) is 4.92. The minimum absolute atomic E-state index is 0.240. The van der Waals surface area contributed by atoms with Gasteiger partial charge in [-0.15, -0.1) is 0 Å². The topological polar surface area (TPSA) is 78.9 Å². The van der Waals surface area contributed by atoms with Crippen molar-refractivity contribution in [1.82, 2.24) is 0 Å². The molecular weight excluding hydrogens is 324 g/mol. The lowest BCUT2D eigenvalue weighted by atomic mass is 9.78. The molecule has 1 saturated carbocycles. The van der Waals surface area contributed by atoms with Crippen molar-refractivity contribution in [3.63, 3.8) is 0 Å². The van der Waals surface area contributed by atoms with Crippen molar-refractivity contribution < 1.29 is 28.6 Å². The first kappa shape index (κ1) is 17.5. The predicted octanol–water partition coefficient (Wildman–Crippen LogP) is 2.35. The summed E-state index contributed by atoms with van der Waals surface area (Å²) in [7, 11) is 0. The molecule has 2 fully saturated rings. The normalized spacial score (nSPS) is 28.2. The molecule has 0 aromatic heterocycles. The number of hydrogen-bond acceptors (Lipinski definition) is 6. The van der Waals surface area contributed by atoms with Gasteiger partial charge in [0, 0.05) is 19.8 Å². The number of ether oxygens (including phenoxy) is 3. The lowest BCUT2D eigenvalue weighted by Crippen LogP contribution is -2.42. The van der Waals surface area contributed by atoms with Gasteiger partial charge in [-0.2, -0.15) is 0 Å². The zero-order valence-electron chi connectivity index (χ0n) is 14.6. The fraction of sp³-hybridized carbons (Fsp3) is 0.526. The Bertz CT molecular complexity index is 680. The van der Waals surface area contributed by atoms with Crippen LogP contribution in [0.5, 0.6) is 0 Å². The zero-order valence-corrected chi connectivity index (χ0v) is 14.6. The molecule has 0 amide bonds. The Morgan fingerprint density at radius 3 is 2.48 bits per heavy atom. The van der Waals surface area contributed by atoms with Crippen molar-refractivity contribution in [2.75, 3.05) is 0 Å². The van der Waals surface area contributed by atoms with E-state index in [0.29, 0.717) is 6.42 Å². The van der Waals surface area contributed by atoms with Gasteiger partial charge in [0.05, 0.1) is 11.8 Å². The van der Waals surface area contributed by atoms with Gasteiger partial charge in [0.15, 0.2) is 0 Å². The summed E-state index contributed by atoms with van der Waals surface area (Å²) in [5.41, 5.74) is 0.0387. The largest absolute Gasteiger partial charge is 0.459 e. The van der Waals surface area contributed by atoms with E-state index in [9.17, 15) is 14.4 Å². The van der Waals surface area contributed by atoms with Gasteiger partial charge >= 0.3 is 17.9 Å². The molecule has 1 saturated heterocycles. The third-order valence-corrected chi connectivity index (χ3v) is 4.89. The summed E-state index contributed by atoms with van der Waals surface area (Å²) >= 11 is 0. The molecule has 25 heavy (non-hydrogen) atoms. The van der Waals surface area contributed by atoms with E-state index in [1.54, 1.807) is 0 Å². The SMILES string of the molecule is CC(=O)OC1CC(C(=O)OC(C)(C)c2ccccc2)C2CC1OC2=O. The number of carbonyl (C=O) groups is 3. The second kappa shape index (κ2) is 6.50. The fourth-order valence-electron chi connectivity index (χ4n) is 3.58. The summed E-state index contributed by atoms with van der Waals surface area (Å²) in [5, 5.41) is 0. The highest BCUT2D eigenvalue weighted by Crippen LogP contribution is 2.41. The molecule has 0 radical (unpaired) electrons. The summed E-state index contributed by atoms with van der Waals surface area (Å²) in [6.07, 6.45) is -0.447. The van der Waals surface area contributed by atoms with Crippen molar-refractivity contribution >= 4 is 17.9 Å². The maximum absolute atomic E-state index is 12.8. The maximum Gasteiger partial charge on any atom is 0.310 e. The van der Waals surface area contributed by atoms with Crippen LogP contribution in [0.3, 0.4) is 0 Å². The maximum atomic E-state index is 12.8. The predicted molar refractivity (Wildman–Crippen MR) is 87.2 cm³/mol. The Balaban J connectivity index is 1.76. The number of rotatable bonds is 4. The molecular formula is C19H22O6. The van der Waals surface area contributed by atoms with Crippen LogP contribution in [-0.4, -0.2) is 30.1 Å².